The maximum atomic E-state index is 12.1. The van der Waals surface area contributed by atoms with Crippen molar-refractivity contribution in [1.29, 1.82) is 0 Å². The van der Waals surface area contributed by atoms with Crippen LogP contribution in [0.5, 0.6) is 0 Å². The highest BCUT2D eigenvalue weighted by Crippen LogP contribution is 2.22. The summed E-state index contributed by atoms with van der Waals surface area (Å²) in [6.07, 6.45) is 4.51. The summed E-state index contributed by atoms with van der Waals surface area (Å²) in [4.78, 5) is 12.3. The van der Waals surface area contributed by atoms with Gasteiger partial charge in [0.2, 0.25) is 15.9 Å². The molecule has 2 aromatic rings. The fraction of sp³-hybridized carbons (Fsp3) is 0.211. The molecule has 0 aliphatic heterocycles. The van der Waals surface area contributed by atoms with E-state index in [0.717, 1.165) is 4.31 Å². The predicted octanol–water partition coefficient (Wildman–Crippen LogP) is 3.12. The third kappa shape index (κ3) is 6.00. The number of sulfonamides is 1. The molecule has 0 saturated carbocycles. The summed E-state index contributed by atoms with van der Waals surface area (Å²) >= 11 is 6.08. The molecule has 1 unspecified atom stereocenters. The lowest BCUT2D eigenvalue weighted by Crippen LogP contribution is -2.22. The zero-order valence-corrected chi connectivity index (χ0v) is 18.1. The zero-order valence-electron chi connectivity index (χ0n) is 15.7. The number of hydrogen-bond donors (Lipinski definition) is 1. The Kier molecular flexibility index (Phi) is 7.54. The van der Waals surface area contributed by atoms with E-state index in [0.29, 0.717) is 27.6 Å². The van der Waals surface area contributed by atoms with Gasteiger partial charge in [-0.2, -0.15) is 0 Å². The van der Waals surface area contributed by atoms with Crippen molar-refractivity contribution in [2.24, 2.45) is 0 Å². The third-order valence-corrected chi connectivity index (χ3v) is 6.67. The van der Waals surface area contributed by atoms with Gasteiger partial charge < -0.3 is 5.32 Å². The van der Waals surface area contributed by atoms with Crippen molar-refractivity contribution in [3.05, 3.63) is 64.7 Å². The van der Waals surface area contributed by atoms with Crippen molar-refractivity contribution >= 4 is 50.1 Å². The first kappa shape index (κ1) is 22.3. The lowest BCUT2D eigenvalue weighted by Gasteiger charge is -2.11. The molecule has 6 nitrogen and oxygen atoms in total. The quantitative estimate of drug-likeness (QED) is 0.670. The molecule has 0 radical (unpaired) electrons. The van der Waals surface area contributed by atoms with E-state index in [-0.39, 0.29) is 10.8 Å². The first-order valence-corrected chi connectivity index (χ1v) is 11.7. The highest BCUT2D eigenvalue weighted by atomic mass is 35.5. The molecule has 0 spiro atoms. The standard InChI is InChI=1S/C19H21ClN2O4S2/c1-22(2)28(25,26)17-8-4-14(5-9-17)6-11-19(23)21-16-7-10-18(20)15(12-16)13-27(3)24/h4-12H,13H2,1-3H3,(H,21,23)/b11-6+. The number of anilines is 1. The predicted molar refractivity (Wildman–Crippen MR) is 114 cm³/mol. The molecular formula is C19H21ClN2O4S2. The van der Waals surface area contributed by atoms with Crippen LogP contribution >= 0.6 is 11.6 Å². The van der Waals surface area contributed by atoms with Crippen LogP contribution in [0.3, 0.4) is 0 Å². The average molecular weight is 441 g/mol. The second-order valence-electron chi connectivity index (χ2n) is 6.20. The van der Waals surface area contributed by atoms with Crippen LogP contribution < -0.4 is 5.32 Å². The Labute approximate surface area is 172 Å². The van der Waals surface area contributed by atoms with Gasteiger partial charge in [-0.25, -0.2) is 12.7 Å². The Morgan fingerprint density at radius 2 is 1.82 bits per heavy atom. The summed E-state index contributed by atoms with van der Waals surface area (Å²) in [6, 6.07) is 11.2. The van der Waals surface area contributed by atoms with Crippen molar-refractivity contribution in [3.63, 3.8) is 0 Å². The Balaban J connectivity index is 2.07. The summed E-state index contributed by atoms with van der Waals surface area (Å²) in [5.74, 6) is -0.0449. The van der Waals surface area contributed by atoms with Crippen LogP contribution in [-0.4, -0.2) is 43.2 Å². The van der Waals surface area contributed by atoms with E-state index in [2.05, 4.69) is 5.32 Å². The number of carbonyl (C=O) groups excluding carboxylic acids is 1. The van der Waals surface area contributed by atoms with Gasteiger partial charge in [-0.3, -0.25) is 9.00 Å². The molecule has 0 aromatic heterocycles. The van der Waals surface area contributed by atoms with Crippen LogP contribution in [0.25, 0.3) is 6.08 Å². The van der Waals surface area contributed by atoms with Gasteiger partial charge in [-0.1, -0.05) is 23.7 Å². The highest BCUT2D eigenvalue weighted by molar-refractivity contribution is 7.89. The summed E-state index contributed by atoms with van der Waals surface area (Å²) in [5.41, 5.74) is 1.93. The van der Waals surface area contributed by atoms with Crippen LogP contribution in [-0.2, 0) is 31.4 Å². The van der Waals surface area contributed by atoms with Crippen LogP contribution in [0.1, 0.15) is 11.1 Å². The van der Waals surface area contributed by atoms with Gasteiger partial charge in [0.1, 0.15) is 0 Å². The van der Waals surface area contributed by atoms with E-state index in [1.807, 2.05) is 0 Å². The van der Waals surface area contributed by atoms with Crippen molar-refractivity contribution in [1.82, 2.24) is 4.31 Å². The summed E-state index contributed by atoms with van der Waals surface area (Å²) in [5, 5.41) is 3.21. The summed E-state index contributed by atoms with van der Waals surface area (Å²) < 4.78 is 36.6. The first-order chi connectivity index (χ1) is 13.1. The Hall–Kier alpha value is -2.00. The van der Waals surface area contributed by atoms with Gasteiger partial charge in [0.15, 0.2) is 0 Å². The third-order valence-electron chi connectivity index (χ3n) is 3.76. The number of amides is 1. The molecule has 0 saturated heterocycles. The molecular weight excluding hydrogens is 420 g/mol. The Morgan fingerprint density at radius 1 is 1.18 bits per heavy atom. The second-order valence-corrected chi connectivity index (χ2v) is 10.2. The molecule has 0 bridgehead atoms. The van der Waals surface area contributed by atoms with Gasteiger partial charge in [-0.05, 0) is 47.5 Å². The number of halogens is 1. The minimum atomic E-state index is -3.48. The van der Waals surface area contributed by atoms with Gasteiger partial charge >= 0.3 is 0 Å². The number of benzene rings is 2. The van der Waals surface area contributed by atoms with E-state index >= 15 is 0 Å². The normalized spacial score (nSPS) is 13.0. The minimum absolute atomic E-state index is 0.182. The number of nitrogens with one attached hydrogen (secondary N) is 1. The van der Waals surface area contributed by atoms with Crippen molar-refractivity contribution in [2.75, 3.05) is 25.7 Å². The SMILES string of the molecule is CN(C)S(=O)(=O)c1ccc(/C=C/C(=O)Nc2ccc(Cl)c(CS(C)=O)c2)cc1. The zero-order chi connectivity index (χ0) is 20.9. The van der Waals surface area contributed by atoms with Gasteiger partial charge in [-0.15, -0.1) is 0 Å². The fourth-order valence-corrected chi connectivity index (χ4v) is 4.14. The summed E-state index contributed by atoms with van der Waals surface area (Å²) in [7, 11) is -1.60. The van der Waals surface area contributed by atoms with E-state index in [9.17, 15) is 17.4 Å². The monoisotopic (exact) mass is 440 g/mol. The van der Waals surface area contributed by atoms with Crippen LogP contribution in [0, 0.1) is 0 Å². The van der Waals surface area contributed by atoms with Gasteiger partial charge in [0.25, 0.3) is 0 Å². The molecule has 0 fully saturated rings. The largest absolute Gasteiger partial charge is 0.323 e. The number of rotatable bonds is 7. The van der Waals surface area contributed by atoms with Gasteiger partial charge in [0, 0.05) is 53.7 Å². The molecule has 1 N–H and O–H groups in total. The molecule has 0 aliphatic carbocycles. The summed E-state index contributed by atoms with van der Waals surface area (Å²) in [6.45, 7) is 0. The maximum Gasteiger partial charge on any atom is 0.248 e. The molecule has 0 heterocycles. The lowest BCUT2D eigenvalue weighted by molar-refractivity contribution is -0.111. The molecule has 1 amide bonds. The van der Waals surface area contributed by atoms with Crippen LogP contribution in [0.4, 0.5) is 5.69 Å². The first-order valence-electron chi connectivity index (χ1n) is 8.19. The lowest BCUT2D eigenvalue weighted by atomic mass is 10.2. The van der Waals surface area contributed by atoms with Crippen LogP contribution in [0.15, 0.2) is 53.4 Å². The molecule has 150 valence electrons. The van der Waals surface area contributed by atoms with Crippen molar-refractivity contribution in [3.8, 4) is 0 Å². The molecule has 1 atom stereocenters. The maximum absolute atomic E-state index is 12.1. The average Bonchev–Trinajstić information content (AvgIpc) is 2.62. The Morgan fingerprint density at radius 3 is 2.39 bits per heavy atom. The topological polar surface area (TPSA) is 83.6 Å². The van der Waals surface area contributed by atoms with E-state index in [1.165, 1.54) is 32.3 Å². The fourth-order valence-electron chi connectivity index (χ4n) is 2.30. The van der Waals surface area contributed by atoms with Crippen molar-refractivity contribution in [2.45, 2.75) is 10.6 Å². The molecule has 9 heteroatoms. The van der Waals surface area contributed by atoms with E-state index in [4.69, 9.17) is 11.6 Å². The van der Waals surface area contributed by atoms with Crippen molar-refractivity contribution < 1.29 is 17.4 Å². The van der Waals surface area contributed by atoms with E-state index in [1.54, 1.807) is 42.7 Å². The van der Waals surface area contributed by atoms with E-state index < -0.39 is 20.8 Å². The van der Waals surface area contributed by atoms with Crippen LogP contribution in [0.2, 0.25) is 5.02 Å². The van der Waals surface area contributed by atoms with Gasteiger partial charge in [0.05, 0.1) is 4.90 Å². The number of hydrogen-bond acceptors (Lipinski definition) is 4. The molecule has 28 heavy (non-hydrogen) atoms. The molecule has 2 rings (SSSR count). The number of nitrogens with zero attached hydrogens (tertiary/aromatic N) is 1. The molecule has 0 aliphatic rings. The second kappa shape index (κ2) is 9.47. The highest BCUT2D eigenvalue weighted by Gasteiger charge is 2.16. The number of carbonyl (C=O) groups is 1. The molecule has 2 aromatic carbocycles. The minimum Gasteiger partial charge on any atom is -0.323 e. The smallest absolute Gasteiger partial charge is 0.248 e. The Bertz CT molecular complexity index is 1020.